The number of hydrogen-bond acceptors (Lipinski definition) is 6. The number of carbonyl (C=O) groups is 3. The molecular weight excluding hydrogens is 520 g/mol. The van der Waals surface area contributed by atoms with Crippen LogP contribution >= 0.6 is 0 Å². The smallest absolute Gasteiger partial charge is 0.325 e. The number of fused-ring (bicyclic) bond motifs is 5. The molecule has 1 unspecified atom stereocenters. The predicted molar refractivity (Wildman–Crippen MR) is 158 cm³/mol. The Morgan fingerprint density at radius 1 is 1.02 bits per heavy atom. The lowest BCUT2D eigenvalue weighted by molar-refractivity contribution is -0.175. The van der Waals surface area contributed by atoms with E-state index < -0.39 is 5.97 Å². The van der Waals surface area contributed by atoms with Crippen LogP contribution in [0.5, 0.6) is 0 Å². The van der Waals surface area contributed by atoms with E-state index in [4.69, 9.17) is 4.74 Å². The van der Waals surface area contributed by atoms with Crippen LogP contribution in [-0.4, -0.2) is 71.3 Å². The summed E-state index contributed by atoms with van der Waals surface area (Å²) in [5.74, 6) is 2.09. The van der Waals surface area contributed by atoms with Gasteiger partial charge in [-0.3, -0.25) is 14.4 Å². The molecule has 4 aliphatic rings. The Morgan fingerprint density at radius 3 is 2.49 bits per heavy atom. The highest BCUT2D eigenvalue weighted by Gasteiger charge is 2.63. The van der Waals surface area contributed by atoms with E-state index >= 15 is 0 Å². The number of amides is 2. The van der Waals surface area contributed by atoms with E-state index in [0.717, 1.165) is 51.4 Å². The van der Waals surface area contributed by atoms with Gasteiger partial charge in [-0.05, 0) is 117 Å². The van der Waals surface area contributed by atoms with Crippen molar-refractivity contribution >= 4 is 17.8 Å². The molecule has 0 radical (unpaired) electrons. The van der Waals surface area contributed by atoms with Gasteiger partial charge in [0, 0.05) is 13.0 Å². The maximum Gasteiger partial charge on any atom is 0.325 e. The molecule has 0 saturated heterocycles. The van der Waals surface area contributed by atoms with Crippen molar-refractivity contribution in [3.8, 4) is 0 Å². The third-order valence-electron chi connectivity index (χ3n) is 12.2. The third kappa shape index (κ3) is 6.48. The highest BCUT2D eigenvalue weighted by atomic mass is 16.5. The minimum absolute atomic E-state index is 0.0281. The van der Waals surface area contributed by atoms with Gasteiger partial charge in [0.25, 0.3) is 0 Å². The van der Waals surface area contributed by atoms with E-state index in [2.05, 4.69) is 26.1 Å². The lowest BCUT2D eigenvalue weighted by atomic mass is 9.43. The molecule has 4 saturated carbocycles. The monoisotopic (exact) mass is 576 g/mol. The van der Waals surface area contributed by atoms with E-state index in [0.29, 0.717) is 48.5 Å². The zero-order valence-corrected chi connectivity index (χ0v) is 26.2. The van der Waals surface area contributed by atoms with Crippen LogP contribution in [0.4, 0.5) is 0 Å². The zero-order valence-electron chi connectivity index (χ0n) is 26.2. The van der Waals surface area contributed by atoms with Gasteiger partial charge in [-0.1, -0.05) is 27.7 Å². The molecule has 10 atom stereocenters. The Labute approximate surface area is 247 Å². The molecule has 8 nitrogen and oxygen atoms in total. The van der Waals surface area contributed by atoms with E-state index in [1.165, 1.54) is 12.8 Å². The Hall–Kier alpha value is -1.67. The molecule has 8 heteroatoms. The number of nitrogens with zero attached hydrogens (tertiary/aromatic N) is 1. The Morgan fingerprint density at radius 2 is 1.78 bits per heavy atom. The van der Waals surface area contributed by atoms with Crippen molar-refractivity contribution in [2.75, 3.05) is 26.2 Å². The van der Waals surface area contributed by atoms with Gasteiger partial charge in [-0.2, -0.15) is 0 Å². The fourth-order valence-corrected chi connectivity index (χ4v) is 10.0. The maximum atomic E-state index is 13.2. The second-order valence-corrected chi connectivity index (χ2v) is 14.3. The first-order chi connectivity index (χ1) is 19.4. The quantitative estimate of drug-likeness (QED) is 0.316. The molecular formula is C33H56N2O6. The summed E-state index contributed by atoms with van der Waals surface area (Å²) in [6.07, 6.45) is 9.83. The Bertz CT molecular complexity index is 943. The van der Waals surface area contributed by atoms with Gasteiger partial charge >= 0.3 is 5.97 Å². The first kappa shape index (κ1) is 32.2. The van der Waals surface area contributed by atoms with Crippen LogP contribution < -0.4 is 5.32 Å². The number of aliphatic hydroxyl groups excluding tert-OH is 2. The van der Waals surface area contributed by atoms with Gasteiger partial charge in [0.05, 0.1) is 25.4 Å². The van der Waals surface area contributed by atoms with Crippen molar-refractivity contribution in [1.82, 2.24) is 10.2 Å². The van der Waals surface area contributed by atoms with Gasteiger partial charge in [0.2, 0.25) is 11.8 Å². The molecule has 234 valence electrons. The van der Waals surface area contributed by atoms with E-state index in [1.807, 2.05) is 6.92 Å². The van der Waals surface area contributed by atoms with Gasteiger partial charge in [0.15, 0.2) is 0 Å². The number of carbonyl (C=O) groups excluding carboxylic acids is 3. The summed E-state index contributed by atoms with van der Waals surface area (Å²) in [5.41, 5.74) is 0.100. The van der Waals surface area contributed by atoms with E-state index in [1.54, 1.807) is 11.8 Å². The van der Waals surface area contributed by atoms with Gasteiger partial charge < -0.3 is 25.2 Å². The SMILES string of the molecule is CCCN(CC(=O)NCC(=O)OCC)C(=O)CC[C@@H](C)C1CC[C@H]2[C@@H]3CC[C@@H]4C[C@H](O)CC[C@]4(C)[C@H]3C[C@H](O)[C@]12C. The Balaban J connectivity index is 1.35. The lowest BCUT2D eigenvalue weighted by Crippen LogP contribution is -2.58. The van der Waals surface area contributed by atoms with Crippen LogP contribution in [0, 0.1) is 46.3 Å². The Kier molecular flexibility index (Phi) is 10.5. The number of ether oxygens (including phenoxy) is 1. The summed E-state index contributed by atoms with van der Waals surface area (Å²) in [4.78, 5) is 38.8. The minimum atomic E-state index is -0.484. The van der Waals surface area contributed by atoms with E-state index in [-0.39, 0.29) is 54.5 Å². The van der Waals surface area contributed by atoms with Crippen molar-refractivity contribution in [3.63, 3.8) is 0 Å². The fourth-order valence-electron chi connectivity index (χ4n) is 10.0. The van der Waals surface area contributed by atoms with Crippen LogP contribution in [0.25, 0.3) is 0 Å². The molecule has 4 fully saturated rings. The average Bonchev–Trinajstić information content (AvgIpc) is 3.30. The largest absolute Gasteiger partial charge is 0.465 e. The molecule has 41 heavy (non-hydrogen) atoms. The lowest BCUT2D eigenvalue weighted by Gasteiger charge is -2.62. The summed E-state index contributed by atoms with van der Waals surface area (Å²) >= 11 is 0. The number of hydrogen-bond donors (Lipinski definition) is 3. The van der Waals surface area contributed by atoms with E-state index in [9.17, 15) is 24.6 Å². The summed E-state index contributed by atoms with van der Waals surface area (Å²) < 4.78 is 4.86. The molecule has 4 rings (SSSR count). The molecule has 0 aromatic heterocycles. The standard InChI is InChI=1S/C33H56N2O6/c1-6-16-35(20-29(38)34-19-31(40)41-7-2)30(39)13-8-21(3)25-11-12-26-24-10-9-22-17-23(36)14-15-32(22,4)27(24)18-28(37)33(25,26)5/h21-28,36-37H,6-20H2,1-5H3,(H,34,38)/t21-,22-,23-,24+,25?,26+,27+,28+,32+,33-/m1/s1. The van der Waals surface area contributed by atoms with Crippen molar-refractivity contribution < 1.29 is 29.3 Å². The molecule has 4 aliphatic carbocycles. The van der Waals surface area contributed by atoms with Crippen molar-refractivity contribution in [2.45, 2.75) is 117 Å². The van der Waals surface area contributed by atoms with Crippen LogP contribution in [0.15, 0.2) is 0 Å². The first-order valence-electron chi connectivity index (χ1n) is 16.5. The number of aliphatic hydroxyl groups is 2. The number of esters is 1. The topological polar surface area (TPSA) is 116 Å². The van der Waals surface area contributed by atoms with Crippen LogP contribution in [0.3, 0.4) is 0 Å². The fraction of sp³-hybridized carbons (Fsp3) is 0.909. The molecule has 0 bridgehead atoms. The second-order valence-electron chi connectivity index (χ2n) is 14.3. The third-order valence-corrected chi connectivity index (χ3v) is 12.2. The van der Waals surface area contributed by atoms with Gasteiger partial charge in [0.1, 0.15) is 6.54 Å². The molecule has 0 aliphatic heterocycles. The average molecular weight is 577 g/mol. The summed E-state index contributed by atoms with van der Waals surface area (Å²) in [6.45, 7) is 11.3. The highest BCUT2D eigenvalue weighted by molar-refractivity contribution is 5.87. The van der Waals surface area contributed by atoms with Crippen molar-refractivity contribution in [1.29, 1.82) is 0 Å². The highest BCUT2D eigenvalue weighted by Crippen LogP contribution is 2.68. The molecule has 0 heterocycles. The van der Waals surface area contributed by atoms with Crippen LogP contribution in [-0.2, 0) is 19.1 Å². The maximum absolute atomic E-state index is 13.2. The van der Waals surface area contributed by atoms with Crippen LogP contribution in [0.2, 0.25) is 0 Å². The number of nitrogens with one attached hydrogen (secondary N) is 1. The molecule has 3 N–H and O–H groups in total. The van der Waals surface area contributed by atoms with Crippen molar-refractivity contribution in [2.24, 2.45) is 46.3 Å². The summed E-state index contributed by atoms with van der Waals surface area (Å²) in [7, 11) is 0. The molecule has 2 amide bonds. The summed E-state index contributed by atoms with van der Waals surface area (Å²) in [6, 6.07) is 0. The summed E-state index contributed by atoms with van der Waals surface area (Å²) in [5, 5.41) is 24.7. The molecule has 0 aromatic rings. The van der Waals surface area contributed by atoms with Crippen molar-refractivity contribution in [3.05, 3.63) is 0 Å². The van der Waals surface area contributed by atoms with Gasteiger partial charge in [-0.25, -0.2) is 0 Å². The van der Waals surface area contributed by atoms with Crippen LogP contribution in [0.1, 0.15) is 105 Å². The normalized spacial score (nSPS) is 38.7. The number of rotatable bonds is 11. The minimum Gasteiger partial charge on any atom is -0.465 e. The predicted octanol–water partition coefficient (Wildman–Crippen LogP) is 4.31. The second kappa shape index (κ2) is 13.3. The first-order valence-corrected chi connectivity index (χ1v) is 16.5. The molecule has 0 aromatic carbocycles. The zero-order chi connectivity index (χ0) is 29.9. The van der Waals surface area contributed by atoms with Gasteiger partial charge in [-0.15, -0.1) is 0 Å². The molecule has 0 spiro atoms.